The van der Waals surface area contributed by atoms with E-state index in [0.717, 1.165) is 11.0 Å². The molecule has 1 amide bonds. The van der Waals surface area contributed by atoms with Crippen LogP contribution in [0, 0.1) is 6.92 Å². The summed E-state index contributed by atoms with van der Waals surface area (Å²) < 4.78 is 6.88. The van der Waals surface area contributed by atoms with Crippen LogP contribution in [0.3, 0.4) is 0 Å². The molecule has 0 radical (unpaired) electrons. The molecule has 0 saturated carbocycles. The average molecular weight is 322 g/mol. The predicted octanol–water partition coefficient (Wildman–Crippen LogP) is 1.81. The van der Waals surface area contributed by atoms with E-state index in [9.17, 15) is 9.59 Å². The van der Waals surface area contributed by atoms with E-state index < -0.39 is 0 Å². The number of aryl methyl sites for hydroxylation is 1. The van der Waals surface area contributed by atoms with E-state index in [1.54, 1.807) is 25.3 Å². The lowest BCUT2D eigenvalue weighted by molar-refractivity contribution is -0.121. The number of carbonyl (C=O) groups excluding carboxylic acids is 2. The molecule has 7 heteroatoms. The van der Waals surface area contributed by atoms with E-state index in [1.807, 2.05) is 24.3 Å². The summed E-state index contributed by atoms with van der Waals surface area (Å²) >= 11 is 0. The summed E-state index contributed by atoms with van der Waals surface area (Å²) in [5.74, 6) is 0.911. The SMILES string of the molecule is Cc1nc2ccccc2n1C(=O)CN1C(=O)COc2cccnc21. The van der Waals surface area contributed by atoms with Crippen LogP contribution < -0.4 is 9.64 Å². The topological polar surface area (TPSA) is 77.3 Å². The maximum Gasteiger partial charge on any atom is 0.266 e. The van der Waals surface area contributed by atoms with Gasteiger partial charge >= 0.3 is 0 Å². The normalized spacial score (nSPS) is 13.7. The van der Waals surface area contributed by atoms with E-state index in [0.29, 0.717) is 17.4 Å². The van der Waals surface area contributed by atoms with Gasteiger partial charge in [0.1, 0.15) is 12.4 Å². The molecule has 1 aliphatic rings. The van der Waals surface area contributed by atoms with Gasteiger partial charge in [0, 0.05) is 6.20 Å². The smallest absolute Gasteiger partial charge is 0.266 e. The Balaban J connectivity index is 1.71. The number of aromatic nitrogens is 3. The van der Waals surface area contributed by atoms with Crippen LogP contribution in [0.25, 0.3) is 11.0 Å². The van der Waals surface area contributed by atoms with Crippen LogP contribution in [-0.2, 0) is 4.79 Å². The monoisotopic (exact) mass is 322 g/mol. The number of benzene rings is 1. The molecule has 0 fully saturated rings. The van der Waals surface area contributed by atoms with Gasteiger partial charge in [-0.3, -0.25) is 19.1 Å². The summed E-state index contributed by atoms with van der Waals surface area (Å²) in [6.45, 7) is 1.55. The highest BCUT2D eigenvalue weighted by Crippen LogP contribution is 2.29. The Morgan fingerprint density at radius 1 is 1.25 bits per heavy atom. The molecule has 1 aliphatic heterocycles. The number of amides is 1. The first-order valence-electron chi connectivity index (χ1n) is 7.50. The zero-order valence-corrected chi connectivity index (χ0v) is 13.0. The molecular weight excluding hydrogens is 308 g/mol. The van der Waals surface area contributed by atoms with Crippen LogP contribution in [0.4, 0.5) is 5.82 Å². The molecule has 2 aromatic heterocycles. The average Bonchev–Trinajstić information content (AvgIpc) is 2.93. The van der Waals surface area contributed by atoms with Crippen molar-refractivity contribution in [3.8, 4) is 5.75 Å². The Labute approximate surface area is 137 Å². The number of nitrogens with zero attached hydrogens (tertiary/aromatic N) is 4. The van der Waals surface area contributed by atoms with Gasteiger partial charge in [-0.1, -0.05) is 12.1 Å². The Kier molecular flexibility index (Phi) is 3.26. The Hall–Kier alpha value is -3.22. The first-order valence-corrected chi connectivity index (χ1v) is 7.50. The fourth-order valence-electron chi connectivity index (χ4n) is 2.86. The summed E-state index contributed by atoms with van der Waals surface area (Å²) in [5, 5.41) is 0. The number of rotatable bonds is 2. The third kappa shape index (κ3) is 2.21. The number of anilines is 1. The second-order valence-corrected chi connectivity index (χ2v) is 5.47. The van der Waals surface area contributed by atoms with Crippen molar-refractivity contribution in [1.29, 1.82) is 0 Å². The van der Waals surface area contributed by atoms with Crippen LogP contribution in [0.15, 0.2) is 42.6 Å². The molecule has 0 aliphatic carbocycles. The molecule has 0 spiro atoms. The van der Waals surface area contributed by atoms with Crippen molar-refractivity contribution in [1.82, 2.24) is 14.5 Å². The maximum absolute atomic E-state index is 12.8. The highest BCUT2D eigenvalue weighted by molar-refractivity contribution is 6.03. The van der Waals surface area contributed by atoms with Crippen molar-refractivity contribution in [2.24, 2.45) is 0 Å². The summed E-state index contributed by atoms with van der Waals surface area (Å²) in [6, 6.07) is 10.9. The molecule has 0 atom stereocenters. The number of imidazole rings is 1. The predicted molar refractivity (Wildman–Crippen MR) is 87.2 cm³/mol. The Bertz CT molecular complexity index is 963. The molecule has 0 bridgehead atoms. The molecular formula is C17H14N4O3. The van der Waals surface area contributed by atoms with Crippen molar-refractivity contribution in [3.05, 3.63) is 48.4 Å². The van der Waals surface area contributed by atoms with Gasteiger partial charge in [-0.25, -0.2) is 9.97 Å². The molecule has 3 aromatic rings. The van der Waals surface area contributed by atoms with E-state index in [4.69, 9.17) is 4.74 Å². The number of para-hydroxylation sites is 2. The van der Waals surface area contributed by atoms with Crippen molar-refractivity contribution < 1.29 is 14.3 Å². The third-order valence-corrected chi connectivity index (χ3v) is 3.93. The van der Waals surface area contributed by atoms with Gasteiger partial charge in [0.15, 0.2) is 18.2 Å². The van der Waals surface area contributed by atoms with Gasteiger partial charge in [0.25, 0.3) is 11.8 Å². The summed E-state index contributed by atoms with van der Waals surface area (Å²) in [4.78, 5) is 34.9. The minimum atomic E-state index is -0.295. The van der Waals surface area contributed by atoms with Crippen molar-refractivity contribution in [2.45, 2.75) is 6.92 Å². The molecule has 3 heterocycles. The van der Waals surface area contributed by atoms with E-state index >= 15 is 0 Å². The summed E-state index contributed by atoms with van der Waals surface area (Å²) in [7, 11) is 0. The van der Waals surface area contributed by atoms with Crippen molar-refractivity contribution in [3.63, 3.8) is 0 Å². The largest absolute Gasteiger partial charge is 0.480 e. The molecule has 120 valence electrons. The van der Waals surface area contributed by atoms with Gasteiger partial charge in [0.2, 0.25) is 0 Å². The van der Waals surface area contributed by atoms with Crippen LogP contribution in [0.5, 0.6) is 5.75 Å². The number of fused-ring (bicyclic) bond motifs is 2. The lowest BCUT2D eigenvalue weighted by Crippen LogP contribution is -2.43. The van der Waals surface area contributed by atoms with Crippen molar-refractivity contribution in [2.75, 3.05) is 18.1 Å². The number of ether oxygens (including phenoxy) is 1. The van der Waals surface area contributed by atoms with Gasteiger partial charge < -0.3 is 4.74 Å². The van der Waals surface area contributed by atoms with Crippen LogP contribution >= 0.6 is 0 Å². The van der Waals surface area contributed by atoms with E-state index in [2.05, 4.69) is 9.97 Å². The fourth-order valence-corrected chi connectivity index (χ4v) is 2.86. The Morgan fingerprint density at radius 3 is 2.96 bits per heavy atom. The first-order chi connectivity index (χ1) is 11.6. The molecule has 4 rings (SSSR count). The Morgan fingerprint density at radius 2 is 2.08 bits per heavy atom. The van der Waals surface area contributed by atoms with Gasteiger partial charge in [-0.2, -0.15) is 0 Å². The van der Waals surface area contributed by atoms with Gasteiger partial charge in [-0.15, -0.1) is 0 Å². The first kappa shape index (κ1) is 14.4. The second-order valence-electron chi connectivity index (χ2n) is 5.47. The van der Waals surface area contributed by atoms with Gasteiger partial charge in [-0.05, 0) is 31.2 Å². The van der Waals surface area contributed by atoms with Crippen LogP contribution in [0.2, 0.25) is 0 Å². The highest BCUT2D eigenvalue weighted by Gasteiger charge is 2.29. The molecule has 1 aromatic carbocycles. The van der Waals surface area contributed by atoms with Crippen LogP contribution in [0.1, 0.15) is 10.6 Å². The standard InChI is InChI=1S/C17H14N4O3/c1-11-19-12-5-2-3-6-13(12)21(11)15(22)9-20-16(23)10-24-14-7-4-8-18-17(14)20/h2-8H,9-10H2,1H3. The van der Waals surface area contributed by atoms with Crippen molar-refractivity contribution >= 4 is 28.7 Å². The lowest BCUT2D eigenvalue weighted by Gasteiger charge is -2.27. The molecule has 7 nitrogen and oxygen atoms in total. The lowest BCUT2D eigenvalue weighted by atomic mass is 10.3. The fraction of sp³-hybridized carbons (Fsp3) is 0.176. The molecule has 24 heavy (non-hydrogen) atoms. The molecule has 0 N–H and O–H groups in total. The van der Waals surface area contributed by atoms with Crippen LogP contribution in [-0.4, -0.2) is 39.5 Å². The number of pyridine rings is 1. The zero-order chi connectivity index (χ0) is 16.7. The summed E-state index contributed by atoms with van der Waals surface area (Å²) in [6.07, 6.45) is 1.57. The summed E-state index contributed by atoms with van der Waals surface area (Å²) in [5.41, 5.74) is 1.47. The highest BCUT2D eigenvalue weighted by atomic mass is 16.5. The van der Waals surface area contributed by atoms with E-state index in [1.165, 1.54) is 9.47 Å². The second kappa shape index (κ2) is 5.45. The molecule has 0 saturated heterocycles. The maximum atomic E-state index is 12.8. The van der Waals surface area contributed by atoms with E-state index in [-0.39, 0.29) is 25.0 Å². The minimum absolute atomic E-state index is 0.102. The third-order valence-electron chi connectivity index (χ3n) is 3.93. The number of hydrogen-bond donors (Lipinski definition) is 0. The minimum Gasteiger partial charge on any atom is -0.480 e. The van der Waals surface area contributed by atoms with Gasteiger partial charge in [0.05, 0.1) is 11.0 Å². The zero-order valence-electron chi connectivity index (χ0n) is 13.0. The number of carbonyl (C=O) groups is 2. The number of hydrogen-bond acceptors (Lipinski definition) is 5. The molecule has 0 unspecified atom stereocenters. The quantitative estimate of drug-likeness (QED) is 0.719.